The van der Waals surface area contributed by atoms with Crippen LogP contribution in [0.5, 0.6) is 0 Å². The van der Waals surface area contributed by atoms with Crippen molar-refractivity contribution in [3.05, 3.63) is 59.4 Å². The Hall–Kier alpha value is -2.61. The molecule has 3 rings (SSSR count). The number of halogens is 1. The van der Waals surface area contributed by atoms with Crippen molar-refractivity contribution in [3.63, 3.8) is 0 Å². The van der Waals surface area contributed by atoms with Gasteiger partial charge in [-0.1, -0.05) is 12.1 Å². The van der Waals surface area contributed by atoms with Crippen LogP contribution in [0.3, 0.4) is 0 Å². The number of carbonyl (C=O) groups excluding carboxylic acids is 1. The molecule has 1 amide bonds. The minimum absolute atomic E-state index is 0.264. The molecule has 156 valence electrons. The minimum atomic E-state index is -3.68. The van der Waals surface area contributed by atoms with E-state index in [9.17, 15) is 17.6 Å². The molecule has 0 saturated carbocycles. The maximum absolute atomic E-state index is 13.2. The first-order chi connectivity index (χ1) is 13.7. The monoisotopic (exact) mass is 419 g/mol. The van der Waals surface area contributed by atoms with Crippen molar-refractivity contribution in [1.29, 1.82) is 0 Å². The normalized spacial score (nSPS) is 14.8. The number of carbonyl (C=O) groups is 1. The van der Waals surface area contributed by atoms with Crippen molar-refractivity contribution in [1.82, 2.24) is 4.90 Å². The van der Waals surface area contributed by atoms with Gasteiger partial charge >= 0.3 is 0 Å². The average Bonchev–Trinajstić information content (AvgIpc) is 2.68. The molecule has 1 aliphatic rings. The van der Waals surface area contributed by atoms with Crippen LogP contribution >= 0.6 is 0 Å². The zero-order valence-corrected chi connectivity index (χ0v) is 17.7. The highest BCUT2D eigenvalue weighted by Gasteiger charge is 2.27. The Morgan fingerprint density at radius 3 is 2.24 bits per heavy atom. The minimum Gasteiger partial charge on any atom is -0.368 e. The Bertz CT molecular complexity index is 985. The fourth-order valence-electron chi connectivity index (χ4n) is 3.51. The topological polar surface area (TPSA) is 60.9 Å². The molecular weight excluding hydrogens is 393 g/mol. The van der Waals surface area contributed by atoms with Gasteiger partial charge in [0.2, 0.25) is 15.9 Å². The highest BCUT2D eigenvalue weighted by atomic mass is 32.2. The second-order valence-corrected chi connectivity index (χ2v) is 9.24. The molecule has 6 nitrogen and oxygen atoms in total. The molecule has 0 aliphatic carbocycles. The molecular formula is C21H26FN3O3S. The molecule has 2 aromatic carbocycles. The molecule has 1 saturated heterocycles. The molecule has 0 radical (unpaired) electrons. The molecule has 8 heteroatoms. The van der Waals surface area contributed by atoms with Crippen LogP contribution in [0.2, 0.25) is 0 Å². The van der Waals surface area contributed by atoms with Crippen LogP contribution < -0.4 is 9.21 Å². The van der Waals surface area contributed by atoms with E-state index in [4.69, 9.17) is 0 Å². The lowest BCUT2D eigenvalue weighted by molar-refractivity contribution is -0.129. The van der Waals surface area contributed by atoms with Gasteiger partial charge in [-0.15, -0.1) is 0 Å². The third-order valence-corrected chi connectivity index (χ3v) is 6.48. The summed E-state index contributed by atoms with van der Waals surface area (Å²) in [7, 11) is -3.68. The summed E-state index contributed by atoms with van der Waals surface area (Å²) in [4.78, 5) is 16.7. The van der Waals surface area contributed by atoms with Gasteiger partial charge < -0.3 is 9.80 Å². The fourth-order valence-corrected chi connectivity index (χ4v) is 4.35. The second-order valence-electron chi connectivity index (χ2n) is 7.33. The predicted octanol–water partition coefficient (Wildman–Crippen LogP) is 2.56. The standard InChI is InChI=1S/C21H26FN3O3S/c1-16-5-4-6-20(17(16)2)23-11-13-24(14-12-23)21(26)15-25(29(3,27)28)19-9-7-18(22)8-10-19/h4-10H,11-15H2,1-3H3. The van der Waals surface area contributed by atoms with Crippen LogP contribution in [0.25, 0.3) is 0 Å². The van der Waals surface area contributed by atoms with Gasteiger partial charge in [0.25, 0.3) is 0 Å². The van der Waals surface area contributed by atoms with Gasteiger partial charge in [0.15, 0.2) is 0 Å². The molecule has 0 aromatic heterocycles. The zero-order valence-electron chi connectivity index (χ0n) is 16.9. The number of hydrogen-bond donors (Lipinski definition) is 0. The van der Waals surface area contributed by atoms with Crippen LogP contribution in [-0.2, 0) is 14.8 Å². The van der Waals surface area contributed by atoms with E-state index in [1.807, 2.05) is 6.07 Å². The maximum Gasteiger partial charge on any atom is 0.243 e. The molecule has 1 aliphatic heterocycles. The third kappa shape index (κ3) is 4.87. The third-order valence-electron chi connectivity index (χ3n) is 5.34. The van der Waals surface area contributed by atoms with Crippen LogP contribution in [-0.4, -0.2) is 58.2 Å². The number of benzene rings is 2. The van der Waals surface area contributed by atoms with Crippen molar-refractivity contribution < 1.29 is 17.6 Å². The molecule has 0 spiro atoms. The summed E-state index contributed by atoms with van der Waals surface area (Å²) in [6.45, 7) is 6.29. The number of hydrogen-bond acceptors (Lipinski definition) is 4. The molecule has 1 heterocycles. The van der Waals surface area contributed by atoms with E-state index in [0.29, 0.717) is 26.2 Å². The van der Waals surface area contributed by atoms with E-state index in [2.05, 4.69) is 30.9 Å². The van der Waals surface area contributed by atoms with Gasteiger partial charge in [0, 0.05) is 31.9 Å². The van der Waals surface area contributed by atoms with Crippen molar-refractivity contribution in [2.75, 3.05) is 48.2 Å². The van der Waals surface area contributed by atoms with Crippen molar-refractivity contribution >= 4 is 27.3 Å². The number of anilines is 2. The molecule has 0 unspecified atom stereocenters. The number of sulfonamides is 1. The summed E-state index contributed by atoms with van der Waals surface area (Å²) in [5.41, 5.74) is 3.90. The lowest BCUT2D eigenvalue weighted by atomic mass is 10.1. The maximum atomic E-state index is 13.2. The first-order valence-electron chi connectivity index (χ1n) is 9.49. The molecule has 0 bridgehead atoms. The summed E-state index contributed by atoms with van der Waals surface area (Å²) < 4.78 is 38.6. The van der Waals surface area contributed by atoms with E-state index in [1.165, 1.54) is 41.1 Å². The largest absolute Gasteiger partial charge is 0.368 e. The molecule has 0 atom stereocenters. The summed E-state index contributed by atoms with van der Waals surface area (Å²) in [5.74, 6) is -0.726. The predicted molar refractivity (Wildman–Crippen MR) is 113 cm³/mol. The zero-order chi connectivity index (χ0) is 21.2. The van der Waals surface area contributed by atoms with E-state index in [0.717, 1.165) is 10.6 Å². The van der Waals surface area contributed by atoms with E-state index < -0.39 is 15.8 Å². The Labute approximate surface area is 171 Å². The highest BCUT2D eigenvalue weighted by molar-refractivity contribution is 7.92. The number of nitrogens with zero attached hydrogens (tertiary/aromatic N) is 3. The Morgan fingerprint density at radius 2 is 1.66 bits per heavy atom. The van der Waals surface area contributed by atoms with Crippen molar-refractivity contribution in [2.45, 2.75) is 13.8 Å². The van der Waals surface area contributed by atoms with E-state index in [1.54, 1.807) is 4.90 Å². The van der Waals surface area contributed by atoms with Crippen LogP contribution in [0.15, 0.2) is 42.5 Å². The van der Waals surface area contributed by atoms with E-state index >= 15 is 0 Å². The number of amides is 1. The lowest BCUT2D eigenvalue weighted by Crippen LogP contribution is -2.52. The summed E-state index contributed by atoms with van der Waals surface area (Å²) >= 11 is 0. The number of rotatable bonds is 5. The Kier molecular flexibility index (Phi) is 6.12. The molecule has 2 aromatic rings. The second kappa shape index (κ2) is 8.41. The quantitative estimate of drug-likeness (QED) is 0.747. The summed E-state index contributed by atoms with van der Waals surface area (Å²) in [6, 6.07) is 11.3. The molecule has 1 fully saturated rings. The SMILES string of the molecule is Cc1cccc(N2CCN(C(=O)CN(c3ccc(F)cc3)S(C)(=O)=O)CC2)c1C. The molecule has 29 heavy (non-hydrogen) atoms. The first kappa shape index (κ1) is 21.1. The first-order valence-corrected chi connectivity index (χ1v) is 11.3. The Balaban J connectivity index is 1.68. The van der Waals surface area contributed by atoms with Crippen LogP contribution in [0.4, 0.5) is 15.8 Å². The van der Waals surface area contributed by atoms with Gasteiger partial charge in [-0.05, 0) is 55.3 Å². The lowest BCUT2D eigenvalue weighted by Gasteiger charge is -2.37. The van der Waals surface area contributed by atoms with Crippen LogP contribution in [0, 0.1) is 19.7 Å². The van der Waals surface area contributed by atoms with Crippen molar-refractivity contribution in [2.24, 2.45) is 0 Å². The van der Waals surface area contributed by atoms with Gasteiger partial charge in [-0.3, -0.25) is 9.10 Å². The highest BCUT2D eigenvalue weighted by Crippen LogP contribution is 2.24. The average molecular weight is 420 g/mol. The van der Waals surface area contributed by atoms with Crippen LogP contribution in [0.1, 0.15) is 11.1 Å². The van der Waals surface area contributed by atoms with Gasteiger partial charge in [0.1, 0.15) is 12.4 Å². The van der Waals surface area contributed by atoms with Gasteiger partial charge in [-0.25, -0.2) is 12.8 Å². The summed E-state index contributed by atoms with van der Waals surface area (Å²) in [5, 5.41) is 0. The Morgan fingerprint density at radius 1 is 1.03 bits per heavy atom. The molecule has 0 N–H and O–H groups in total. The number of piperazine rings is 1. The fraction of sp³-hybridized carbons (Fsp3) is 0.381. The summed E-state index contributed by atoms with van der Waals surface area (Å²) in [6.07, 6.45) is 1.04. The van der Waals surface area contributed by atoms with E-state index in [-0.39, 0.29) is 18.1 Å². The van der Waals surface area contributed by atoms with Crippen molar-refractivity contribution in [3.8, 4) is 0 Å². The van der Waals surface area contributed by atoms with Gasteiger partial charge in [-0.2, -0.15) is 0 Å². The smallest absolute Gasteiger partial charge is 0.243 e. The van der Waals surface area contributed by atoms with Gasteiger partial charge in [0.05, 0.1) is 11.9 Å². The number of aryl methyl sites for hydroxylation is 1.